The Kier molecular flexibility index (Phi) is 9.59. The minimum Gasteiger partial charge on any atom is -0.389 e. The van der Waals surface area contributed by atoms with Crippen molar-refractivity contribution in [3.63, 3.8) is 0 Å². The maximum Gasteiger partial charge on any atom is 0.0897 e. The number of hydrogen-bond donors (Lipinski definition) is 2. The fraction of sp³-hybridized carbons (Fsp3) is 1.00. The van der Waals surface area contributed by atoms with Crippen molar-refractivity contribution in [2.45, 2.75) is 32.5 Å². The zero-order valence-electron chi connectivity index (χ0n) is 12.5. The van der Waals surface area contributed by atoms with Gasteiger partial charge in [-0.3, -0.25) is 0 Å². The number of likely N-dealkylation sites (N-methyl/N-ethyl adjacent to an activating group) is 1. The van der Waals surface area contributed by atoms with Crippen molar-refractivity contribution in [3.8, 4) is 0 Å². The van der Waals surface area contributed by atoms with E-state index in [0.29, 0.717) is 13.2 Å². The number of nitrogens with zero attached hydrogens (tertiary/aromatic N) is 1. The van der Waals surface area contributed by atoms with Gasteiger partial charge < -0.3 is 24.8 Å². The number of hydrogen-bond acceptors (Lipinski definition) is 5. The van der Waals surface area contributed by atoms with Crippen LogP contribution in [0.5, 0.6) is 0 Å². The van der Waals surface area contributed by atoms with Crippen LogP contribution < -0.4 is 5.32 Å². The van der Waals surface area contributed by atoms with E-state index >= 15 is 0 Å². The highest BCUT2D eigenvalue weighted by Crippen LogP contribution is 2.06. The van der Waals surface area contributed by atoms with Crippen LogP contribution in [-0.2, 0) is 9.47 Å². The first kappa shape index (κ1) is 17.8. The molecule has 0 radical (unpaired) electrons. The molecule has 0 fully saturated rings. The third-order valence-electron chi connectivity index (χ3n) is 2.44. The fourth-order valence-electron chi connectivity index (χ4n) is 1.30. The van der Waals surface area contributed by atoms with Crippen LogP contribution in [0, 0.1) is 0 Å². The van der Waals surface area contributed by atoms with Crippen molar-refractivity contribution in [3.05, 3.63) is 0 Å². The molecule has 0 spiro atoms. The molecule has 2 N–H and O–H groups in total. The van der Waals surface area contributed by atoms with Crippen LogP contribution in [0.15, 0.2) is 0 Å². The molecular formula is C13H30N2O3. The summed E-state index contributed by atoms with van der Waals surface area (Å²) in [4.78, 5) is 2.19. The molecule has 1 atom stereocenters. The maximum absolute atomic E-state index is 9.70. The summed E-state index contributed by atoms with van der Waals surface area (Å²) in [7, 11) is 3.76. The van der Waals surface area contributed by atoms with Gasteiger partial charge in [-0.25, -0.2) is 0 Å². The zero-order valence-corrected chi connectivity index (χ0v) is 12.5. The summed E-state index contributed by atoms with van der Waals surface area (Å²) < 4.78 is 10.5. The van der Waals surface area contributed by atoms with Gasteiger partial charge in [0.25, 0.3) is 0 Å². The number of methoxy groups -OCH3 is 1. The molecule has 18 heavy (non-hydrogen) atoms. The quantitative estimate of drug-likeness (QED) is 0.556. The van der Waals surface area contributed by atoms with Crippen molar-refractivity contribution in [1.29, 1.82) is 0 Å². The van der Waals surface area contributed by atoms with Crippen molar-refractivity contribution < 1.29 is 14.6 Å². The van der Waals surface area contributed by atoms with Crippen LogP contribution >= 0.6 is 0 Å². The Labute approximate surface area is 111 Å². The molecule has 0 amide bonds. The fourth-order valence-corrected chi connectivity index (χ4v) is 1.30. The minimum atomic E-state index is -0.450. The first-order valence-corrected chi connectivity index (χ1v) is 6.55. The lowest BCUT2D eigenvalue weighted by Gasteiger charge is -2.22. The highest BCUT2D eigenvalue weighted by atomic mass is 16.5. The van der Waals surface area contributed by atoms with Crippen LogP contribution in [0.4, 0.5) is 0 Å². The molecule has 0 aliphatic heterocycles. The van der Waals surface area contributed by atoms with Gasteiger partial charge >= 0.3 is 0 Å². The Bertz CT molecular complexity index is 195. The molecule has 0 rings (SSSR count). The van der Waals surface area contributed by atoms with Crippen LogP contribution in [0.25, 0.3) is 0 Å². The Hall–Kier alpha value is -0.200. The van der Waals surface area contributed by atoms with Crippen LogP contribution in [-0.4, -0.2) is 75.3 Å². The van der Waals surface area contributed by atoms with E-state index in [4.69, 9.17) is 9.47 Å². The van der Waals surface area contributed by atoms with E-state index < -0.39 is 6.10 Å². The molecule has 0 bridgehead atoms. The highest BCUT2D eigenvalue weighted by Gasteiger charge is 2.13. The summed E-state index contributed by atoms with van der Waals surface area (Å²) in [6.07, 6.45) is -0.450. The molecule has 0 aromatic carbocycles. The van der Waals surface area contributed by atoms with Crippen LogP contribution in [0.3, 0.4) is 0 Å². The smallest absolute Gasteiger partial charge is 0.0897 e. The Balaban J connectivity index is 3.42. The minimum absolute atomic E-state index is 0.193. The van der Waals surface area contributed by atoms with Gasteiger partial charge in [-0.15, -0.1) is 0 Å². The summed E-state index contributed by atoms with van der Waals surface area (Å²) in [5.74, 6) is 0. The molecule has 0 aliphatic carbocycles. The van der Waals surface area contributed by atoms with E-state index in [1.165, 1.54) is 0 Å². The second-order valence-corrected chi connectivity index (χ2v) is 5.58. The monoisotopic (exact) mass is 262 g/mol. The Morgan fingerprint density at radius 3 is 2.50 bits per heavy atom. The van der Waals surface area contributed by atoms with Gasteiger partial charge in [0.05, 0.1) is 24.9 Å². The maximum atomic E-state index is 9.70. The highest BCUT2D eigenvalue weighted by molar-refractivity contribution is 4.64. The molecule has 110 valence electrons. The standard InChI is InChI=1S/C13H30N2O3/c1-13(2,3)18-11-12(16)10-14-6-7-15(4)8-9-17-5/h12,14,16H,6-11H2,1-5H3. The lowest BCUT2D eigenvalue weighted by molar-refractivity contribution is -0.0478. The molecule has 0 heterocycles. The third-order valence-corrected chi connectivity index (χ3v) is 2.44. The number of rotatable bonds is 10. The summed E-state index contributed by atoms with van der Waals surface area (Å²) in [6, 6.07) is 0. The van der Waals surface area contributed by atoms with Gasteiger partial charge in [0.2, 0.25) is 0 Å². The van der Waals surface area contributed by atoms with Gasteiger partial charge in [0.15, 0.2) is 0 Å². The van der Waals surface area contributed by atoms with Gasteiger partial charge in [-0.2, -0.15) is 0 Å². The molecule has 0 saturated heterocycles. The zero-order chi connectivity index (χ0) is 14.0. The molecular weight excluding hydrogens is 232 g/mol. The largest absolute Gasteiger partial charge is 0.389 e. The van der Waals surface area contributed by atoms with Crippen molar-refractivity contribution >= 4 is 0 Å². The lowest BCUT2D eigenvalue weighted by Crippen LogP contribution is -2.37. The molecule has 0 aromatic rings. The molecule has 0 aromatic heterocycles. The van der Waals surface area contributed by atoms with E-state index in [-0.39, 0.29) is 5.60 Å². The van der Waals surface area contributed by atoms with Gasteiger partial charge in [-0.1, -0.05) is 0 Å². The summed E-state index contributed by atoms with van der Waals surface area (Å²) in [5, 5.41) is 12.9. The van der Waals surface area contributed by atoms with E-state index in [2.05, 4.69) is 17.3 Å². The molecule has 1 unspecified atom stereocenters. The van der Waals surface area contributed by atoms with Crippen molar-refractivity contribution in [2.75, 3.05) is 53.6 Å². The predicted octanol–water partition coefficient (Wildman–Crippen LogP) is 0.330. The summed E-state index contributed by atoms with van der Waals surface area (Å²) in [6.45, 7) is 10.4. The van der Waals surface area contributed by atoms with Gasteiger partial charge in [0, 0.05) is 33.3 Å². The average molecular weight is 262 g/mol. The normalized spacial score (nSPS) is 14.2. The second-order valence-electron chi connectivity index (χ2n) is 5.58. The van der Waals surface area contributed by atoms with Crippen molar-refractivity contribution in [1.82, 2.24) is 10.2 Å². The summed E-state index contributed by atoms with van der Waals surface area (Å²) in [5.41, 5.74) is -0.193. The average Bonchev–Trinajstić information content (AvgIpc) is 2.28. The lowest BCUT2D eigenvalue weighted by atomic mass is 10.2. The number of aliphatic hydroxyl groups is 1. The number of aliphatic hydroxyl groups excluding tert-OH is 1. The second kappa shape index (κ2) is 9.69. The Morgan fingerprint density at radius 1 is 1.28 bits per heavy atom. The number of ether oxygens (including phenoxy) is 2. The summed E-state index contributed by atoms with van der Waals surface area (Å²) >= 11 is 0. The molecule has 0 saturated carbocycles. The first-order valence-electron chi connectivity index (χ1n) is 6.55. The van der Waals surface area contributed by atoms with E-state index in [9.17, 15) is 5.11 Å². The van der Waals surface area contributed by atoms with Crippen molar-refractivity contribution in [2.24, 2.45) is 0 Å². The van der Waals surface area contributed by atoms with E-state index in [1.54, 1.807) is 7.11 Å². The Morgan fingerprint density at radius 2 is 1.94 bits per heavy atom. The van der Waals surface area contributed by atoms with Gasteiger partial charge in [-0.05, 0) is 27.8 Å². The molecule has 5 heteroatoms. The SMILES string of the molecule is COCCN(C)CCNCC(O)COC(C)(C)C. The number of nitrogens with one attached hydrogen (secondary N) is 1. The predicted molar refractivity (Wildman–Crippen MR) is 74.0 cm³/mol. The van der Waals surface area contributed by atoms with Crippen LogP contribution in [0.2, 0.25) is 0 Å². The van der Waals surface area contributed by atoms with Crippen LogP contribution in [0.1, 0.15) is 20.8 Å². The van der Waals surface area contributed by atoms with E-state index in [1.807, 2.05) is 20.8 Å². The van der Waals surface area contributed by atoms with Gasteiger partial charge in [0.1, 0.15) is 0 Å². The topological polar surface area (TPSA) is 54.0 Å². The third kappa shape index (κ3) is 12.3. The molecule has 0 aliphatic rings. The first-order chi connectivity index (χ1) is 8.35. The van der Waals surface area contributed by atoms with E-state index in [0.717, 1.165) is 26.2 Å². The molecule has 5 nitrogen and oxygen atoms in total.